The molecule has 0 radical (unpaired) electrons. The van der Waals surface area contributed by atoms with E-state index in [4.69, 9.17) is 4.74 Å². The Bertz CT molecular complexity index is 648. The van der Waals surface area contributed by atoms with E-state index in [9.17, 15) is 24.8 Å². The lowest BCUT2D eigenvalue weighted by Gasteiger charge is -2.32. The molecule has 0 aliphatic heterocycles. The molecule has 0 spiro atoms. The Labute approximate surface area is 140 Å². The van der Waals surface area contributed by atoms with E-state index in [0.29, 0.717) is 5.56 Å². The Hall–Kier alpha value is -2.64. The second kappa shape index (κ2) is 6.86. The molecule has 0 unspecified atom stereocenters. The van der Waals surface area contributed by atoms with Crippen LogP contribution >= 0.6 is 0 Å². The number of hydrogen-bond donors (Lipinski definition) is 2. The highest BCUT2D eigenvalue weighted by Crippen LogP contribution is 2.35. The summed E-state index contributed by atoms with van der Waals surface area (Å²) in [4.78, 5) is 34.0. The van der Waals surface area contributed by atoms with Gasteiger partial charge in [0.2, 0.25) is 0 Å². The molecule has 132 valence electrons. The lowest BCUT2D eigenvalue weighted by Crippen LogP contribution is -2.44. The van der Waals surface area contributed by atoms with Crippen molar-refractivity contribution in [3.05, 3.63) is 39.9 Å². The third kappa shape index (κ3) is 4.94. The van der Waals surface area contributed by atoms with Crippen LogP contribution in [0.3, 0.4) is 0 Å². The van der Waals surface area contributed by atoms with E-state index in [1.165, 1.54) is 38.1 Å². The summed E-state index contributed by atoms with van der Waals surface area (Å²) < 4.78 is 5.17. The minimum Gasteiger partial charge on any atom is -0.481 e. The first-order chi connectivity index (χ1) is 10.8. The quantitative estimate of drug-likeness (QED) is 0.628. The summed E-state index contributed by atoms with van der Waals surface area (Å²) in [6.45, 7) is 7.89. The molecular weight excluding hydrogens is 316 g/mol. The van der Waals surface area contributed by atoms with Gasteiger partial charge in [-0.3, -0.25) is 14.9 Å². The van der Waals surface area contributed by atoms with Gasteiger partial charge in [0.1, 0.15) is 5.60 Å². The molecular formula is C16H22N2O6. The Morgan fingerprint density at radius 3 is 2.29 bits per heavy atom. The number of amides is 1. The molecule has 0 aromatic heterocycles. The summed E-state index contributed by atoms with van der Waals surface area (Å²) in [5, 5.41) is 22.9. The van der Waals surface area contributed by atoms with E-state index in [1.807, 2.05) is 0 Å². The number of carboxylic acids is 1. The van der Waals surface area contributed by atoms with Gasteiger partial charge in [0, 0.05) is 12.1 Å². The lowest BCUT2D eigenvalue weighted by atomic mass is 9.80. The fraction of sp³-hybridized carbons (Fsp3) is 0.500. The highest BCUT2D eigenvalue weighted by Gasteiger charge is 2.40. The maximum absolute atomic E-state index is 12.1. The Morgan fingerprint density at radius 1 is 1.25 bits per heavy atom. The molecule has 1 atom stereocenters. The summed E-state index contributed by atoms with van der Waals surface area (Å²) in [5.74, 6) is -1.16. The van der Waals surface area contributed by atoms with Crippen LogP contribution in [0.2, 0.25) is 0 Å². The summed E-state index contributed by atoms with van der Waals surface area (Å²) in [5.41, 5.74) is -2.05. The molecule has 0 aliphatic carbocycles. The number of hydrogen-bond acceptors (Lipinski definition) is 5. The van der Waals surface area contributed by atoms with Crippen LogP contribution in [0.15, 0.2) is 24.3 Å². The standard InChI is InChI=1S/C16H22N2O6/c1-15(2,3)24-14(21)17-12(16(4,5)13(19)20)10-7-6-8-11(9-10)18(22)23/h6-9,12H,1-5H3,(H,17,21)(H,19,20)/t12-/m0/s1. The summed E-state index contributed by atoms with van der Waals surface area (Å²) in [6.07, 6.45) is -0.798. The zero-order chi connectivity index (χ0) is 18.7. The Balaban J connectivity index is 3.25. The number of carbonyl (C=O) groups excluding carboxylic acids is 1. The van der Waals surface area contributed by atoms with Crippen LogP contribution in [0.5, 0.6) is 0 Å². The van der Waals surface area contributed by atoms with Gasteiger partial charge in [0.25, 0.3) is 5.69 Å². The largest absolute Gasteiger partial charge is 0.481 e. The van der Waals surface area contributed by atoms with Crippen LogP contribution in [-0.4, -0.2) is 27.7 Å². The van der Waals surface area contributed by atoms with Crippen molar-refractivity contribution in [3.8, 4) is 0 Å². The van der Waals surface area contributed by atoms with Gasteiger partial charge in [0.05, 0.1) is 16.4 Å². The van der Waals surface area contributed by atoms with Crippen molar-refractivity contribution in [2.45, 2.75) is 46.3 Å². The predicted octanol–water partition coefficient (Wildman–Crippen LogP) is 3.27. The van der Waals surface area contributed by atoms with Gasteiger partial charge in [-0.25, -0.2) is 4.79 Å². The van der Waals surface area contributed by atoms with E-state index >= 15 is 0 Å². The van der Waals surface area contributed by atoms with Crippen LogP contribution in [0.25, 0.3) is 0 Å². The zero-order valence-electron chi connectivity index (χ0n) is 14.3. The van der Waals surface area contributed by atoms with E-state index in [-0.39, 0.29) is 5.69 Å². The maximum Gasteiger partial charge on any atom is 0.408 e. The molecule has 1 aromatic rings. The van der Waals surface area contributed by atoms with Gasteiger partial charge in [-0.15, -0.1) is 0 Å². The van der Waals surface area contributed by atoms with E-state index < -0.39 is 34.0 Å². The van der Waals surface area contributed by atoms with Crippen molar-refractivity contribution in [2.24, 2.45) is 5.41 Å². The number of benzene rings is 1. The number of nitrogens with one attached hydrogen (secondary N) is 1. The van der Waals surface area contributed by atoms with Gasteiger partial charge in [-0.1, -0.05) is 12.1 Å². The third-order valence-electron chi connectivity index (χ3n) is 3.35. The van der Waals surface area contributed by atoms with Gasteiger partial charge >= 0.3 is 12.1 Å². The number of nitro groups is 1. The number of carboxylic acid groups (broad SMARTS) is 1. The average Bonchev–Trinajstić information content (AvgIpc) is 2.42. The van der Waals surface area contributed by atoms with E-state index in [1.54, 1.807) is 20.8 Å². The molecule has 1 rings (SSSR count). The predicted molar refractivity (Wildman–Crippen MR) is 86.6 cm³/mol. The number of ether oxygens (including phenoxy) is 1. The first-order valence-electron chi connectivity index (χ1n) is 7.32. The number of nitrogens with zero attached hydrogens (tertiary/aromatic N) is 1. The van der Waals surface area contributed by atoms with Crippen molar-refractivity contribution in [1.82, 2.24) is 5.32 Å². The highest BCUT2D eigenvalue weighted by atomic mass is 16.6. The molecule has 0 saturated carbocycles. The van der Waals surface area contributed by atoms with Crippen molar-refractivity contribution in [3.63, 3.8) is 0 Å². The van der Waals surface area contributed by atoms with Crippen LogP contribution < -0.4 is 5.32 Å². The summed E-state index contributed by atoms with van der Waals surface area (Å²) in [7, 11) is 0. The molecule has 2 N–H and O–H groups in total. The number of nitro benzene ring substituents is 1. The molecule has 0 saturated heterocycles. The van der Waals surface area contributed by atoms with Gasteiger partial charge in [0.15, 0.2) is 0 Å². The SMILES string of the molecule is CC(C)(C)OC(=O)N[C@@H](c1cccc([N+](=O)[O-])c1)C(C)(C)C(=O)O. The molecule has 0 fully saturated rings. The Kier molecular flexibility index (Phi) is 5.54. The van der Waals surface area contributed by atoms with Crippen molar-refractivity contribution < 1.29 is 24.4 Å². The number of alkyl carbamates (subject to hydrolysis) is 1. The van der Waals surface area contributed by atoms with Crippen LogP contribution in [-0.2, 0) is 9.53 Å². The molecule has 24 heavy (non-hydrogen) atoms. The number of rotatable bonds is 5. The first-order valence-corrected chi connectivity index (χ1v) is 7.32. The number of non-ortho nitro benzene ring substituents is 1. The number of aliphatic carboxylic acids is 1. The van der Waals surface area contributed by atoms with Crippen LogP contribution in [0.1, 0.15) is 46.2 Å². The first kappa shape index (κ1) is 19.4. The van der Waals surface area contributed by atoms with Gasteiger partial charge in [-0.2, -0.15) is 0 Å². The third-order valence-corrected chi connectivity index (χ3v) is 3.35. The fourth-order valence-corrected chi connectivity index (χ4v) is 2.05. The van der Waals surface area contributed by atoms with E-state index in [0.717, 1.165) is 0 Å². The zero-order valence-corrected chi connectivity index (χ0v) is 14.3. The second-order valence-corrected chi connectivity index (χ2v) is 6.96. The minimum atomic E-state index is -1.41. The van der Waals surface area contributed by atoms with Crippen molar-refractivity contribution in [1.29, 1.82) is 0 Å². The van der Waals surface area contributed by atoms with Crippen LogP contribution in [0, 0.1) is 15.5 Å². The van der Waals surface area contributed by atoms with E-state index in [2.05, 4.69) is 5.32 Å². The maximum atomic E-state index is 12.1. The average molecular weight is 338 g/mol. The topological polar surface area (TPSA) is 119 Å². The molecule has 0 heterocycles. The van der Waals surface area contributed by atoms with Crippen molar-refractivity contribution in [2.75, 3.05) is 0 Å². The lowest BCUT2D eigenvalue weighted by molar-refractivity contribution is -0.385. The molecule has 1 amide bonds. The highest BCUT2D eigenvalue weighted by molar-refractivity contribution is 5.77. The van der Waals surface area contributed by atoms with Crippen LogP contribution in [0.4, 0.5) is 10.5 Å². The molecule has 8 nitrogen and oxygen atoms in total. The van der Waals surface area contributed by atoms with Gasteiger partial charge < -0.3 is 15.2 Å². The fourth-order valence-electron chi connectivity index (χ4n) is 2.05. The monoisotopic (exact) mass is 338 g/mol. The Morgan fingerprint density at radius 2 is 1.83 bits per heavy atom. The normalized spacial score (nSPS) is 13.0. The summed E-state index contributed by atoms with van der Waals surface area (Å²) in [6, 6.07) is 4.49. The van der Waals surface area contributed by atoms with Crippen molar-refractivity contribution >= 4 is 17.7 Å². The minimum absolute atomic E-state index is 0.190. The second-order valence-electron chi connectivity index (χ2n) is 6.96. The van der Waals surface area contributed by atoms with Gasteiger partial charge in [-0.05, 0) is 40.2 Å². The molecule has 8 heteroatoms. The molecule has 1 aromatic carbocycles. The smallest absolute Gasteiger partial charge is 0.408 e. The molecule has 0 aliphatic rings. The summed E-state index contributed by atoms with van der Waals surface area (Å²) >= 11 is 0. The molecule has 0 bridgehead atoms. The number of carbonyl (C=O) groups is 2.